The maximum atomic E-state index is 13.2. The van der Waals surface area contributed by atoms with E-state index in [2.05, 4.69) is 0 Å². The standard InChI is InChI=1S/C15H20N2O11S/c1-7(15(22)23)16(14-13(21)12(20)11(19)9(6-18)28-14)29(26,27)10-5-3-2-4-8(10)17(24)25/h2-5,7,9,11-14,18-21H,6H2,1H3,(H,22,23)/t7-,9+,11+,12-,13+,14?/m0/s1. The van der Waals surface area contributed by atoms with Gasteiger partial charge in [0.2, 0.25) is 0 Å². The second-order valence-corrected chi connectivity index (χ2v) is 8.11. The number of sulfonamides is 1. The van der Waals surface area contributed by atoms with Crippen LogP contribution in [-0.4, -0.2) is 92.4 Å². The first kappa shape index (κ1) is 23.1. The molecule has 6 atom stereocenters. The molecule has 1 aromatic rings. The monoisotopic (exact) mass is 436 g/mol. The third-order valence-electron chi connectivity index (χ3n) is 4.47. The van der Waals surface area contributed by atoms with Gasteiger partial charge in [-0.1, -0.05) is 12.1 Å². The Labute approximate surface area is 164 Å². The zero-order chi connectivity index (χ0) is 22.1. The zero-order valence-corrected chi connectivity index (χ0v) is 15.8. The molecule has 2 rings (SSSR count). The van der Waals surface area contributed by atoms with Crippen LogP contribution < -0.4 is 0 Å². The van der Waals surface area contributed by atoms with Crippen LogP contribution >= 0.6 is 0 Å². The highest BCUT2D eigenvalue weighted by Gasteiger charge is 2.52. The number of ether oxygens (including phenoxy) is 1. The van der Waals surface area contributed by atoms with Crippen molar-refractivity contribution in [1.29, 1.82) is 0 Å². The highest BCUT2D eigenvalue weighted by molar-refractivity contribution is 7.89. The van der Waals surface area contributed by atoms with Crippen molar-refractivity contribution in [3.05, 3.63) is 34.4 Å². The van der Waals surface area contributed by atoms with Crippen molar-refractivity contribution in [2.45, 2.75) is 48.5 Å². The Hall–Kier alpha value is -2.20. The van der Waals surface area contributed by atoms with Gasteiger partial charge in [-0.15, -0.1) is 0 Å². The van der Waals surface area contributed by atoms with Crippen LogP contribution in [-0.2, 0) is 19.6 Å². The molecule has 1 fully saturated rings. The van der Waals surface area contributed by atoms with E-state index < -0.39 is 74.8 Å². The third kappa shape index (κ3) is 4.23. The smallest absolute Gasteiger partial charge is 0.321 e. The Morgan fingerprint density at radius 1 is 1.24 bits per heavy atom. The number of aliphatic carboxylic acids is 1. The number of carbonyl (C=O) groups is 1. The number of aliphatic hydroxyl groups excluding tert-OH is 4. The minimum atomic E-state index is -4.97. The fourth-order valence-electron chi connectivity index (χ4n) is 2.91. The number of para-hydroxylation sites is 1. The van der Waals surface area contributed by atoms with Gasteiger partial charge in [-0.3, -0.25) is 14.9 Å². The van der Waals surface area contributed by atoms with Crippen LogP contribution in [0.3, 0.4) is 0 Å². The molecular formula is C15H20N2O11S. The van der Waals surface area contributed by atoms with Crippen molar-refractivity contribution in [1.82, 2.24) is 4.31 Å². The molecule has 0 aliphatic carbocycles. The van der Waals surface area contributed by atoms with Crippen LogP contribution in [0.2, 0.25) is 0 Å². The molecule has 1 unspecified atom stereocenters. The maximum Gasteiger partial charge on any atom is 0.321 e. The highest BCUT2D eigenvalue weighted by Crippen LogP contribution is 2.33. The van der Waals surface area contributed by atoms with Crippen LogP contribution in [0.15, 0.2) is 29.2 Å². The zero-order valence-electron chi connectivity index (χ0n) is 15.0. The van der Waals surface area contributed by atoms with Crippen molar-refractivity contribution in [3.8, 4) is 0 Å². The number of nitrogens with zero attached hydrogens (tertiary/aromatic N) is 2. The molecule has 0 aromatic heterocycles. The van der Waals surface area contributed by atoms with E-state index in [1.165, 1.54) is 12.1 Å². The van der Waals surface area contributed by atoms with Gasteiger partial charge >= 0.3 is 5.97 Å². The van der Waals surface area contributed by atoms with Crippen LogP contribution in [0.5, 0.6) is 0 Å². The quantitative estimate of drug-likeness (QED) is 0.230. The summed E-state index contributed by atoms with van der Waals surface area (Å²) in [5.74, 6) is -1.68. The Bertz CT molecular complexity index is 875. The molecule has 1 heterocycles. The summed E-state index contributed by atoms with van der Waals surface area (Å²) < 4.78 is 31.7. The molecule has 0 radical (unpaired) electrons. The molecule has 13 nitrogen and oxygen atoms in total. The van der Waals surface area contributed by atoms with E-state index in [0.717, 1.165) is 19.1 Å². The first-order valence-electron chi connectivity index (χ1n) is 8.25. The van der Waals surface area contributed by atoms with E-state index in [4.69, 9.17) is 4.74 Å². The number of benzene rings is 1. The first-order valence-corrected chi connectivity index (χ1v) is 9.69. The van der Waals surface area contributed by atoms with Crippen LogP contribution in [0, 0.1) is 10.1 Å². The number of carboxylic acids is 1. The van der Waals surface area contributed by atoms with Crippen LogP contribution in [0.25, 0.3) is 0 Å². The number of rotatable bonds is 7. The van der Waals surface area contributed by atoms with Gasteiger partial charge in [0, 0.05) is 6.07 Å². The average molecular weight is 436 g/mol. The molecule has 1 saturated heterocycles. The SMILES string of the molecule is C[C@@H](C(=O)O)N(C1O[C@H](CO)[C@@H](O)[C@H](O)[C@H]1O)S(=O)(=O)c1ccccc1[N+](=O)[O-]. The summed E-state index contributed by atoms with van der Waals surface area (Å²) >= 11 is 0. The Morgan fingerprint density at radius 2 is 1.83 bits per heavy atom. The van der Waals surface area contributed by atoms with Crippen molar-refractivity contribution in [2.75, 3.05) is 6.61 Å². The van der Waals surface area contributed by atoms with E-state index in [0.29, 0.717) is 0 Å². The van der Waals surface area contributed by atoms with Crippen molar-refractivity contribution < 1.29 is 48.4 Å². The van der Waals surface area contributed by atoms with Gasteiger partial charge in [0.1, 0.15) is 30.5 Å². The number of aliphatic hydroxyl groups is 4. The van der Waals surface area contributed by atoms with E-state index in [1.54, 1.807) is 0 Å². The number of nitro groups is 1. The number of nitro benzene ring substituents is 1. The van der Waals surface area contributed by atoms with Crippen LogP contribution in [0.1, 0.15) is 6.92 Å². The summed E-state index contributed by atoms with van der Waals surface area (Å²) in [5.41, 5.74) is -0.848. The largest absolute Gasteiger partial charge is 0.480 e. The Morgan fingerprint density at radius 3 is 2.34 bits per heavy atom. The van der Waals surface area contributed by atoms with Crippen molar-refractivity contribution >= 4 is 21.7 Å². The van der Waals surface area contributed by atoms with Crippen molar-refractivity contribution in [3.63, 3.8) is 0 Å². The molecule has 0 spiro atoms. The Balaban J connectivity index is 2.65. The maximum absolute atomic E-state index is 13.2. The highest BCUT2D eigenvalue weighted by atomic mass is 32.2. The number of hydrogen-bond donors (Lipinski definition) is 5. The Kier molecular flexibility index (Phi) is 6.89. The van der Waals surface area contributed by atoms with Crippen molar-refractivity contribution in [2.24, 2.45) is 0 Å². The molecule has 5 N–H and O–H groups in total. The summed E-state index contributed by atoms with van der Waals surface area (Å²) in [7, 11) is -4.97. The minimum Gasteiger partial charge on any atom is -0.480 e. The number of hydrogen-bond acceptors (Lipinski definition) is 10. The number of carboxylic acid groups (broad SMARTS) is 1. The molecule has 29 heavy (non-hydrogen) atoms. The van der Waals surface area contributed by atoms with Gasteiger partial charge in [-0.2, -0.15) is 4.31 Å². The molecule has 0 saturated carbocycles. The average Bonchev–Trinajstić information content (AvgIpc) is 2.67. The van der Waals surface area contributed by atoms with Gasteiger partial charge in [0.25, 0.3) is 15.7 Å². The van der Waals surface area contributed by atoms with E-state index in [-0.39, 0.29) is 4.31 Å². The van der Waals surface area contributed by atoms with Crippen LogP contribution in [0.4, 0.5) is 5.69 Å². The molecule has 14 heteroatoms. The van der Waals surface area contributed by atoms with E-state index >= 15 is 0 Å². The minimum absolute atomic E-state index is 0.153. The van der Waals surface area contributed by atoms with Gasteiger partial charge in [0.15, 0.2) is 11.1 Å². The molecule has 162 valence electrons. The lowest BCUT2D eigenvalue weighted by Gasteiger charge is -2.44. The summed E-state index contributed by atoms with van der Waals surface area (Å²) in [6, 6.07) is 2.25. The third-order valence-corrected chi connectivity index (χ3v) is 6.45. The van der Waals surface area contributed by atoms with E-state index in [9.17, 15) is 48.9 Å². The van der Waals surface area contributed by atoms with Gasteiger partial charge < -0.3 is 30.3 Å². The van der Waals surface area contributed by atoms with Gasteiger partial charge in [0.05, 0.1) is 11.5 Å². The van der Waals surface area contributed by atoms with E-state index in [1.807, 2.05) is 0 Å². The molecule has 1 aromatic carbocycles. The predicted molar refractivity (Wildman–Crippen MR) is 93.0 cm³/mol. The molecule has 0 bridgehead atoms. The van der Waals surface area contributed by atoms with Gasteiger partial charge in [-0.05, 0) is 13.0 Å². The summed E-state index contributed by atoms with van der Waals surface area (Å²) in [6.07, 6.45) is -9.52. The molecule has 1 aliphatic heterocycles. The second-order valence-electron chi connectivity index (χ2n) is 6.29. The summed E-state index contributed by atoms with van der Waals surface area (Å²) in [5, 5.41) is 60.0. The first-order chi connectivity index (χ1) is 13.4. The fourth-order valence-corrected chi connectivity index (χ4v) is 4.75. The summed E-state index contributed by atoms with van der Waals surface area (Å²) in [6.45, 7) is 0.0401. The second kappa shape index (κ2) is 8.66. The normalized spacial score (nSPS) is 28.8. The summed E-state index contributed by atoms with van der Waals surface area (Å²) in [4.78, 5) is 20.9. The van der Waals surface area contributed by atoms with Gasteiger partial charge in [-0.25, -0.2) is 8.42 Å². The topological polar surface area (TPSA) is 208 Å². The lowest BCUT2D eigenvalue weighted by atomic mass is 9.98. The molecule has 0 amide bonds. The predicted octanol–water partition coefficient (Wildman–Crippen LogP) is -2.14. The lowest BCUT2D eigenvalue weighted by Crippen LogP contribution is -2.66. The molecular weight excluding hydrogens is 416 g/mol. The lowest BCUT2D eigenvalue weighted by molar-refractivity contribution is -0.387. The fraction of sp³-hybridized carbons (Fsp3) is 0.533. The molecule has 1 aliphatic rings.